The van der Waals surface area contributed by atoms with Crippen molar-refractivity contribution in [1.82, 2.24) is 19.7 Å². The maximum absolute atomic E-state index is 9.00. The van der Waals surface area contributed by atoms with Gasteiger partial charge in [-0.25, -0.2) is 4.98 Å². The number of imidazole rings is 1. The second-order valence-corrected chi connectivity index (χ2v) is 5.23. The smallest absolute Gasteiger partial charge is 0.159 e. The number of aromatic nitrogens is 4. The summed E-state index contributed by atoms with van der Waals surface area (Å²) >= 11 is 0. The zero-order valence-corrected chi connectivity index (χ0v) is 11.5. The van der Waals surface area contributed by atoms with Crippen LogP contribution in [-0.2, 0) is 6.54 Å². The first-order valence-corrected chi connectivity index (χ1v) is 6.59. The zero-order valence-electron chi connectivity index (χ0n) is 11.5. The van der Waals surface area contributed by atoms with Crippen LogP contribution in [0.4, 0.5) is 0 Å². The van der Waals surface area contributed by atoms with Crippen molar-refractivity contribution in [2.45, 2.75) is 20.4 Å². The quantitative estimate of drug-likeness (QED) is 0.791. The van der Waals surface area contributed by atoms with Gasteiger partial charge in [-0.3, -0.25) is 5.10 Å². The maximum atomic E-state index is 9.00. The normalized spacial score (nSPS) is 11.1. The number of hydrogen-bond donors (Lipinski definition) is 1. The van der Waals surface area contributed by atoms with Gasteiger partial charge in [0.25, 0.3) is 0 Å². The fourth-order valence-electron chi connectivity index (χ4n) is 2.34. The lowest BCUT2D eigenvalue weighted by molar-refractivity contribution is 0.536. The van der Waals surface area contributed by atoms with Crippen LogP contribution in [0.25, 0.3) is 22.6 Å². The predicted molar refractivity (Wildman–Crippen MR) is 76.9 cm³/mol. The summed E-state index contributed by atoms with van der Waals surface area (Å²) in [5, 5.41) is 16.0. The van der Waals surface area contributed by atoms with E-state index in [4.69, 9.17) is 5.26 Å². The lowest BCUT2D eigenvalue weighted by Gasteiger charge is -2.10. The van der Waals surface area contributed by atoms with E-state index in [1.807, 2.05) is 24.3 Å². The summed E-state index contributed by atoms with van der Waals surface area (Å²) in [6, 6.07) is 9.68. The molecule has 1 N–H and O–H groups in total. The fourth-order valence-corrected chi connectivity index (χ4v) is 2.34. The summed E-state index contributed by atoms with van der Waals surface area (Å²) in [7, 11) is 0. The van der Waals surface area contributed by atoms with Gasteiger partial charge in [0, 0.05) is 12.7 Å². The molecule has 0 saturated carbocycles. The van der Waals surface area contributed by atoms with E-state index in [2.05, 4.69) is 39.7 Å². The van der Waals surface area contributed by atoms with Crippen molar-refractivity contribution in [2.75, 3.05) is 0 Å². The van der Waals surface area contributed by atoms with Gasteiger partial charge in [0.15, 0.2) is 5.82 Å². The highest BCUT2D eigenvalue weighted by Gasteiger charge is 2.14. The molecule has 100 valence electrons. The minimum Gasteiger partial charge on any atom is -0.322 e. The van der Waals surface area contributed by atoms with Crippen LogP contribution in [-0.4, -0.2) is 19.7 Å². The summed E-state index contributed by atoms with van der Waals surface area (Å²) in [5.41, 5.74) is 3.40. The van der Waals surface area contributed by atoms with Crippen LogP contribution in [0.3, 0.4) is 0 Å². The molecule has 2 aromatic heterocycles. The third kappa shape index (κ3) is 2.05. The number of nitrogens with zero attached hydrogens (tertiary/aromatic N) is 4. The predicted octanol–water partition coefficient (Wildman–Crippen LogP) is 2.95. The Bertz CT molecular complexity index is 775. The first kappa shape index (κ1) is 12.4. The molecule has 0 aliphatic heterocycles. The minimum atomic E-state index is 0.504. The first-order chi connectivity index (χ1) is 9.69. The van der Waals surface area contributed by atoms with Gasteiger partial charge in [0.2, 0.25) is 0 Å². The zero-order chi connectivity index (χ0) is 14.1. The third-order valence-corrected chi connectivity index (χ3v) is 3.17. The largest absolute Gasteiger partial charge is 0.322 e. The van der Waals surface area contributed by atoms with Gasteiger partial charge in [-0.2, -0.15) is 10.4 Å². The summed E-state index contributed by atoms with van der Waals surface area (Å²) in [6.07, 6.45) is 1.72. The Kier molecular flexibility index (Phi) is 2.99. The Labute approximate surface area is 116 Å². The number of rotatable bonds is 3. The lowest BCUT2D eigenvalue weighted by atomic mass is 10.2. The van der Waals surface area contributed by atoms with Crippen molar-refractivity contribution < 1.29 is 0 Å². The second-order valence-electron chi connectivity index (χ2n) is 5.23. The Morgan fingerprint density at radius 1 is 1.35 bits per heavy atom. The number of nitriles is 1. The van der Waals surface area contributed by atoms with E-state index in [0.717, 1.165) is 29.1 Å². The number of H-pyrrole nitrogens is 1. The van der Waals surface area contributed by atoms with E-state index in [1.165, 1.54) is 0 Å². The van der Waals surface area contributed by atoms with E-state index >= 15 is 0 Å². The molecular formula is C15H15N5. The molecule has 0 atom stereocenters. The first-order valence-electron chi connectivity index (χ1n) is 6.59. The maximum Gasteiger partial charge on any atom is 0.159 e. The van der Waals surface area contributed by atoms with E-state index < -0.39 is 0 Å². The fraction of sp³-hybridized carbons (Fsp3) is 0.267. The number of aromatic amines is 1. The van der Waals surface area contributed by atoms with Crippen molar-refractivity contribution in [3.8, 4) is 17.6 Å². The van der Waals surface area contributed by atoms with Crippen LogP contribution in [0.1, 0.15) is 19.4 Å². The van der Waals surface area contributed by atoms with Gasteiger partial charge >= 0.3 is 0 Å². The highest BCUT2D eigenvalue weighted by Crippen LogP contribution is 2.25. The molecular weight excluding hydrogens is 250 g/mol. The molecule has 3 aromatic rings. The van der Waals surface area contributed by atoms with E-state index in [0.29, 0.717) is 11.5 Å². The summed E-state index contributed by atoms with van der Waals surface area (Å²) < 4.78 is 2.18. The van der Waals surface area contributed by atoms with Crippen LogP contribution in [0.2, 0.25) is 0 Å². The van der Waals surface area contributed by atoms with Crippen LogP contribution in [0.15, 0.2) is 30.5 Å². The molecule has 0 saturated heterocycles. The Morgan fingerprint density at radius 2 is 2.20 bits per heavy atom. The standard InChI is InChI=1S/C15H15N5/c1-10(2)9-20-14-4-3-11(8-16)7-13(14)18-15(20)12-5-6-17-19-12/h3-7,10H,9H2,1-2H3,(H,17,19). The van der Waals surface area contributed by atoms with Gasteiger partial charge in [-0.1, -0.05) is 13.8 Å². The van der Waals surface area contributed by atoms with Gasteiger partial charge < -0.3 is 4.57 Å². The molecule has 0 aliphatic rings. The number of benzene rings is 1. The van der Waals surface area contributed by atoms with Crippen molar-refractivity contribution in [1.29, 1.82) is 5.26 Å². The minimum absolute atomic E-state index is 0.504. The van der Waals surface area contributed by atoms with Crippen molar-refractivity contribution in [3.63, 3.8) is 0 Å². The third-order valence-electron chi connectivity index (χ3n) is 3.17. The molecule has 0 aliphatic carbocycles. The molecule has 1 aromatic carbocycles. The molecule has 0 spiro atoms. The summed E-state index contributed by atoms with van der Waals surface area (Å²) in [4.78, 5) is 4.66. The summed E-state index contributed by atoms with van der Waals surface area (Å²) in [5.74, 6) is 1.37. The molecule has 0 radical (unpaired) electrons. The molecule has 2 heterocycles. The lowest BCUT2D eigenvalue weighted by Crippen LogP contribution is -2.06. The number of nitrogens with one attached hydrogen (secondary N) is 1. The molecule has 0 amide bonds. The van der Waals surface area contributed by atoms with Crippen LogP contribution in [0.5, 0.6) is 0 Å². The molecule has 5 nitrogen and oxygen atoms in total. The van der Waals surface area contributed by atoms with Crippen molar-refractivity contribution >= 4 is 11.0 Å². The van der Waals surface area contributed by atoms with Gasteiger partial charge in [0.1, 0.15) is 5.69 Å². The van der Waals surface area contributed by atoms with Gasteiger partial charge in [-0.15, -0.1) is 0 Å². The van der Waals surface area contributed by atoms with E-state index in [1.54, 1.807) is 6.20 Å². The van der Waals surface area contributed by atoms with E-state index in [9.17, 15) is 0 Å². The topological polar surface area (TPSA) is 70.3 Å². The SMILES string of the molecule is CC(C)Cn1c(-c2ccn[nH]2)nc2cc(C#N)ccc21. The Balaban J connectivity index is 2.24. The molecule has 0 unspecified atom stereocenters. The average Bonchev–Trinajstić information content (AvgIpc) is 3.05. The van der Waals surface area contributed by atoms with Crippen molar-refractivity contribution in [2.24, 2.45) is 5.92 Å². The number of hydrogen-bond acceptors (Lipinski definition) is 3. The van der Waals surface area contributed by atoms with Crippen molar-refractivity contribution in [3.05, 3.63) is 36.0 Å². The highest BCUT2D eigenvalue weighted by atomic mass is 15.2. The van der Waals surface area contributed by atoms with Gasteiger partial charge in [0.05, 0.1) is 22.7 Å². The van der Waals surface area contributed by atoms with Crippen LogP contribution >= 0.6 is 0 Å². The number of fused-ring (bicyclic) bond motifs is 1. The highest BCUT2D eigenvalue weighted by molar-refractivity contribution is 5.81. The second kappa shape index (κ2) is 4.82. The van der Waals surface area contributed by atoms with E-state index in [-0.39, 0.29) is 0 Å². The monoisotopic (exact) mass is 265 g/mol. The molecule has 0 bridgehead atoms. The Morgan fingerprint density at radius 3 is 2.85 bits per heavy atom. The average molecular weight is 265 g/mol. The molecule has 20 heavy (non-hydrogen) atoms. The van der Waals surface area contributed by atoms with Crippen LogP contribution < -0.4 is 0 Å². The molecule has 0 fully saturated rings. The molecule has 5 heteroatoms. The molecule has 3 rings (SSSR count). The van der Waals surface area contributed by atoms with Gasteiger partial charge in [-0.05, 0) is 30.2 Å². The summed E-state index contributed by atoms with van der Waals surface area (Å²) in [6.45, 7) is 5.22. The Hall–Kier alpha value is -2.61. The van der Waals surface area contributed by atoms with Crippen LogP contribution in [0, 0.1) is 17.2 Å².